The number of rotatable bonds is 1. The monoisotopic (exact) mass is 181 g/mol. The minimum Gasteiger partial charge on any atom is -0.458 e. The molecule has 2 rings (SSSR count). The molecule has 0 radical (unpaired) electrons. The lowest BCUT2D eigenvalue weighted by atomic mass is 10.2. The molecule has 1 aromatic carbocycles. The van der Waals surface area contributed by atoms with E-state index < -0.39 is 0 Å². The number of para-hydroxylation sites is 1. The molecule has 0 aliphatic carbocycles. The molecule has 0 fully saturated rings. The Balaban J connectivity index is 2.74. The number of fused-ring (bicyclic) bond motifs is 1. The fourth-order valence-corrected chi connectivity index (χ4v) is 1.40. The molecular formula is C9H8ClNO. The average Bonchev–Trinajstić information content (AvgIpc) is 2.49. The van der Waals surface area contributed by atoms with E-state index in [2.05, 4.69) is 0 Å². The van der Waals surface area contributed by atoms with Crippen LogP contribution in [0.3, 0.4) is 0 Å². The number of halogens is 1. The summed E-state index contributed by atoms with van der Waals surface area (Å²) in [6.07, 6.45) is 0. The topological polar surface area (TPSA) is 39.2 Å². The van der Waals surface area contributed by atoms with Crippen molar-refractivity contribution in [3.05, 3.63) is 35.0 Å². The summed E-state index contributed by atoms with van der Waals surface area (Å²) in [7, 11) is 0. The van der Waals surface area contributed by atoms with Gasteiger partial charge in [0.15, 0.2) is 5.58 Å². The highest BCUT2D eigenvalue weighted by Crippen LogP contribution is 2.26. The average molecular weight is 182 g/mol. The molecule has 1 aromatic heterocycles. The highest BCUT2D eigenvalue weighted by molar-refractivity contribution is 6.34. The van der Waals surface area contributed by atoms with Gasteiger partial charge in [-0.2, -0.15) is 0 Å². The van der Waals surface area contributed by atoms with Crippen LogP contribution in [0.2, 0.25) is 5.02 Å². The first-order valence-corrected chi connectivity index (χ1v) is 4.06. The summed E-state index contributed by atoms with van der Waals surface area (Å²) in [4.78, 5) is 0. The number of nitrogens with two attached hydrogens (primary N) is 1. The van der Waals surface area contributed by atoms with Crippen molar-refractivity contribution in [1.82, 2.24) is 0 Å². The largest absolute Gasteiger partial charge is 0.458 e. The Morgan fingerprint density at radius 3 is 2.92 bits per heavy atom. The van der Waals surface area contributed by atoms with Gasteiger partial charge in [-0.15, -0.1) is 0 Å². The van der Waals surface area contributed by atoms with Gasteiger partial charge < -0.3 is 10.2 Å². The van der Waals surface area contributed by atoms with Crippen molar-refractivity contribution >= 4 is 22.6 Å². The van der Waals surface area contributed by atoms with Crippen LogP contribution < -0.4 is 5.73 Å². The summed E-state index contributed by atoms with van der Waals surface area (Å²) < 4.78 is 5.39. The van der Waals surface area contributed by atoms with Crippen molar-refractivity contribution < 1.29 is 4.42 Å². The zero-order valence-electron chi connectivity index (χ0n) is 6.38. The Labute approximate surface area is 74.9 Å². The third-order valence-electron chi connectivity index (χ3n) is 1.75. The summed E-state index contributed by atoms with van der Waals surface area (Å²) in [5, 5.41) is 1.63. The Kier molecular flexibility index (Phi) is 1.79. The molecule has 0 spiro atoms. The first kappa shape index (κ1) is 7.65. The second-order valence-corrected chi connectivity index (χ2v) is 2.98. The van der Waals surface area contributed by atoms with Gasteiger partial charge in [0.05, 0.1) is 11.6 Å². The molecule has 2 nitrogen and oxygen atoms in total. The lowest BCUT2D eigenvalue weighted by molar-refractivity contribution is 0.552. The smallest absolute Gasteiger partial charge is 0.152 e. The van der Waals surface area contributed by atoms with Gasteiger partial charge in [0.1, 0.15) is 5.76 Å². The van der Waals surface area contributed by atoms with E-state index in [1.807, 2.05) is 18.2 Å². The highest BCUT2D eigenvalue weighted by atomic mass is 35.5. The van der Waals surface area contributed by atoms with Gasteiger partial charge in [0, 0.05) is 5.39 Å². The zero-order valence-corrected chi connectivity index (χ0v) is 7.14. The van der Waals surface area contributed by atoms with E-state index in [0.29, 0.717) is 11.6 Å². The molecule has 2 N–H and O–H groups in total. The van der Waals surface area contributed by atoms with E-state index in [4.69, 9.17) is 21.8 Å². The van der Waals surface area contributed by atoms with Crippen LogP contribution in [0.4, 0.5) is 0 Å². The first-order chi connectivity index (χ1) is 5.81. The standard InChI is InChI=1S/C9H8ClNO/c10-8-3-1-2-6-4-7(5-11)12-9(6)8/h1-4H,5,11H2. The summed E-state index contributed by atoms with van der Waals surface area (Å²) in [6, 6.07) is 7.54. The van der Waals surface area contributed by atoms with Crippen LogP contribution in [0.1, 0.15) is 5.76 Å². The van der Waals surface area contributed by atoms with Crippen LogP contribution in [0, 0.1) is 0 Å². The summed E-state index contributed by atoms with van der Waals surface area (Å²) in [5.41, 5.74) is 6.15. The number of hydrogen-bond acceptors (Lipinski definition) is 2. The molecule has 0 atom stereocenters. The maximum atomic E-state index is 5.89. The van der Waals surface area contributed by atoms with E-state index in [-0.39, 0.29) is 0 Å². The van der Waals surface area contributed by atoms with Crippen LogP contribution >= 0.6 is 11.6 Å². The van der Waals surface area contributed by atoms with Gasteiger partial charge in [-0.05, 0) is 12.1 Å². The second-order valence-electron chi connectivity index (χ2n) is 2.58. The van der Waals surface area contributed by atoms with Gasteiger partial charge in [0.2, 0.25) is 0 Å². The number of furan rings is 1. The molecule has 0 unspecified atom stereocenters. The maximum Gasteiger partial charge on any atom is 0.152 e. The van der Waals surface area contributed by atoms with Crippen molar-refractivity contribution in [1.29, 1.82) is 0 Å². The molecule has 2 aromatic rings. The Hall–Kier alpha value is -0.990. The Bertz CT molecular complexity index is 408. The first-order valence-electron chi connectivity index (χ1n) is 3.68. The third kappa shape index (κ3) is 1.09. The molecule has 12 heavy (non-hydrogen) atoms. The number of benzene rings is 1. The predicted molar refractivity (Wildman–Crippen MR) is 49.1 cm³/mol. The van der Waals surface area contributed by atoms with Crippen LogP contribution in [0.5, 0.6) is 0 Å². The lowest BCUT2D eigenvalue weighted by Crippen LogP contribution is -1.92. The summed E-state index contributed by atoms with van der Waals surface area (Å²) in [5.74, 6) is 0.762. The highest BCUT2D eigenvalue weighted by Gasteiger charge is 2.04. The van der Waals surface area contributed by atoms with E-state index in [1.165, 1.54) is 0 Å². The third-order valence-corrected chi connectivity index (χ3v) is 2.05. The fourth-order valence-electron chi connectivity index (χ4n) is 1.18. The van der Waals surface area contributed by atoms with Crippen molar-refractivity contribution in [3.8, 4) is 0 Å². The van der Waals surface area contributed by atoms with Crippen LogP contribution in [-0.4, -0.2) is 0 Å². The normalized spacial score (nSPS) is 10.8. The zero-order chi connectivity index (χ0) is 8.55. The second kappa shape index (κ2) is 2.81. The SMILES string of the molecule is NCc1cc2cccc(Cl)c2o1. The van der Waals surface area contributed by atoms with E-state index in [1.54, 1.807) is 6.07 Å². The van der Waals surface area contributed by atoms with Crippen LogP contribution in [0.15, 0.2) is 28.7 Å². The van der Waals surface area contributed by atoms with Crippen molar-refractivity contribution in [2.24, 2.45) is 5.73 Å². The molecule has 62 valence electrons. The minimum atomic E-state index is 0.408. The molecule has 0 amide bonds. The molecule has 0 bridgehead atoms. The van der Waals surface area contributed by atoms with E-state index in [9.17, 15) is 0 Å². The molecule has 0 aliphatic heterocycles. The molecule has 0 aliphatic rings. The quantitative estimate of drug-likeness (QED) is 0.735. The fraction of sp³-hybridized carbons (Fsp3) is 0.111. The van der Waals surface area contributed by atoms with Gasteiger partial charge in [-0.3, -0.25) is 0 Å². The van der Waals surface area contributed by atoms with Crippen molar-refractivity contribution in [2.75, 3.05) is 0 Å². The lowest BCUT2D eigenvalue weighted by Gasteiger charge is -1.89. The molecular weight excluding hydrogens is 174 g/mol. The van der Waals surface area contributed by atoms with Crippen molar-refractivity contribution in [3.63, 3.8) is 0 Å². The summed E-state index contributed by atoms with van der Waals surface area (Å²) >= 11 is 5.89. The Morgan fingerprint density at radius 2 is 2.25 bits per heavy atom. The van der Waals surface area contributed by atoms with E-state index in [0.717, 1.165) is 16.7 Å². The number of hydrogen-bond donors (Lipinski definition) is 1. The Morgan fingerprint density at radius 1 is 1.42 bits per heavy atom. The van der Waals surface area contributed by atoms with Gasteiger partial charge in [-0.1, -0.05) is 23.7 Å². The van der Waals surface area contributed by atoms with Crippen molar-refractivity contribution in [2.45, 2.75) is 6.54 Å². The van der Waals surface area contributed by atoms with E-state index >= 15 is 0 Å². The molecule has 0 saturated carbocycles. The summed E-state index contributed by atoms with van der Waals surface area (Å²) in [6.45, 7) is 0.408. The van der Waals surface area contributed by atoms with Crippen LogP contribution in [0.25, 0.3) is 11.0 Å². The molecule has 3 heteroatoms. The van der Waals surface area contributed by atoms with Gasteiger partial charge in [-0.25, -0.2) is 0 Å². The molecule has 0 saturated heterocycles. The maximum absolute atomic E-state index is 5.89. The van der Waals surface area contributed by atoms with Gasteiger partial charge >= 0.3 is 0 Å². The molecule has 1 heterocycles. The minimum absolute atomic E-state index is 0.408. The predicted octanol–water partition coefficient (Wildman–Crippen LogP) is 2.54. The van der Waals surface area contributed by atoms with Crippen LogP contribution in [-0.2, 0) is 6.54 Å². The van der Waals surface area contributed by atoms with Gasteiger partial charge in [0.25, 0.3) is 0 Å².